The van der Waals surface area contributed by atoms with Crippen molar-refractivity contribution in [2.75, 3.05) is 14.2 Å². The SMILES string of the molecule is C=COC(OC)OC. The Morgan fingerprint density at radius 2 is 1.88 bits per heavy atom. The summed E-state index contributed by atoms with van der Waals surface area (Å²) < 4.78 is 13.9. The normalized spacial score (nSPS) is 9.38. The molecule has 0 rings (SSSR count). The average molecular weight is 118 g/mol. The molecule has 0 aliphatic heterocycles. The first-order valence-corrected chi connectivity index (χ1v) is 2.17. The molecule has 3 nitrogen and oxygen atoms in total. The van der Waals surface area contributed by atoms with Crippen molar-refractivity contribution in [1.82, 2.24) is 0 Å². The minimum absolute atomic E-state index is 0.618. The number of hydrogen-bond acceptors (Lipinski definition) is 3. The minimum Gasteiger partial charge on any atom is -0.450 e. The molecule has 0 bridgehead atoms. The molecule has 0 spiro atoms. The van der Waals surface area contributed by atoms with Gasteiger partial charge < -0.3 is 14.2 Å². The Labute approximate surface area is 48.9 Å². The maximum absolute atomic E-state index is 4.66. The Balaban J connectivity index is 3.20. The van der Waals surface area contributed by atoms with E-state index in [9.17, 15) is 0 Å². The van der Waals surface area contributed by atoms with Crippen LogP contribution in [-0.4, -0.2) is 20.7 Å². The van der Waals surface area contributed by atoms with Crippen LogP contribution in [0.25, 0.3) is 0 Å². The second-order valence-corrected chi connectivity index (χ2v) is 1.06. The second-order valence-electron chi connectivity index (χ2n) is 1.06. The van der Waals surface area contributed by atoms with Crippen LogP contribution in [0, 0.1) is 0 Å². The Hall–Kier alpha value is -0.540. The average Bonchev–Trinajstić information content (AvgIpc) is 1.83. The summed E-state index contributed by atoms with van der Waals surface area (Å²) in [6, 6.07) is 0. The van der Waals surface area contributed by atoms with E-state index < -0.39 is 6.48 Å². The van der Waals surface area contributed by atoms with Crippen molar-refractivity contribution >= 4 is 0 Å². The molecule has 8 heavy (non-hydrogen) atoms. The monoisotopic (exact) mass is 118 g/mol. The smallest absolute Gasteiger partial charge is 0.314 e. The molecule has 0 radical (unpaired) electrons. The van der Waals surface area contributed by atoms with Gasteiger partial charge in [-0.15, -0.1) is 0 Å². The summed E-state index contributed by atoms with van der Waals surface area (Å²) in [4.78, 5) is 0. The van der Waals surface area contributed by atoms with Crippen molar-refractivity contribution in [2.24, 2.45) is 0 Å². The van der Waals surface area contributed by atoms with Gasteiger partial charge >= 0.3 is 6.48 Å². The topological polar surface area (TPSA) is 27.7 Å². The van der Waals surface area contributed by atoms with Gasteiger partial charge in [-0.25, -0.2) is 0 Å². The minimum atomic E-state index is -0.618. The van der Waals surface area contributed by atoms with E-state index >= 15 is 0 Å². The Kier molecular flexibility index (Phi) is 4.30. The predicted molar refractivity (Wildman–Crippen MR) is 29.1 cm³/mol. The zero-order valence-electron chi connectivity index (χ0n) is 5.09. The summed E-state index contributed by atoms with van der Waals surface area (Å²) in [5.74, 6) is 0. The fourth-order valence-electron chi connectivity index (χ4n) is 0.286. The van der Waals surface area contributed by atoms with Crippen LogP contribution in [0.4, 0.5) is 0 Å². The number of hydrogen-bond donors (Lipinski definition) is 0. The van der Waals surface area contributed by atoms with E-state index in [0.29, 0.717) is 0 Å². The molecule has 0 aliphatic rings. The first-order valence-electron chi connectivity index (χ1n) is 2.17. The van der Waals surface area contributed by atoms with Gasteiger partial charge in [0, 0.05) is 14.2 Å². The number of rotatable bonds is 4. The van der Waals surface area contributed by atoms with Gasteiger partial charge in [-0.05, 0) is 0 Å². The van der Waals surface area contributed by atoms with Gasteiger partial charge in [0.05, 0.1) is 6.26 Å². The largest absolute Gasteiger partial charge is 0.450 e. The molecular weight excluding hydrogens is 108 g/mol. The molecule has 0 amide bonds. The molecule has 0 saturated heterocycles. The summed E-state index contributed by atoms with van der Waals surface area (Å²) in [7, 11) is 2.97. The van der Waals surface area contributed by atoms with Gasteiger partial charge in [0.2, 0.25) is 0 Å². The van der Waals surface area contributed by atoms with Gasteiger partial charge in [-0.3, -0.25) is 0 Å². The van der Waals surface area contributed by atoms with Gasteiger partial charge in [0.1, 0.15) is 0 Å². The fourth-order valence-corrected chi connectivity index (χ4v) is 0.286. The van der Waals surface area contributed by atoms with E-state index in [4.69, 9.17) is 0 Å². The van der Waals surface area contributed by atoms with Gasteiger partial charge in [-0.1, -0.05) is 6.58 Å². The van der Waals surface area contributed by atoms with Crippen LogP contribution in [0.2, 0.25) is 0 Å². The van der Waals surface area contributed by atoms with Crippen LogP contribution >= 0.6 is 0 Å². The highest BCUT2D eigenvalue weighted by molar-refractivity contribution is 4.46. The van der Waals surface area contributed by atoms with Crippen molar-refractivity contribution < 1.29 is 14.2 Å². The third-order valence-corrected chi connectivity index (χ3v) is 0.592. The maximum atomic E-state index is 4.66. The van der Waals surface area contributed by atoms with Crippen molar-refractivity contribution in [3.05, 3.63) is 12.8 Å². The molecule has 0 fully saturated rings. The molecule has 0 aromatic carbocycles. The lowest BCUT2D eigenvalue weighted by Gasteiger charge is -2.10. The predicted octanol–water partition coefficient (Wildman–Crippen LogP) is 0.723. The van der Waals surface area contributed by atoms with E-state index in [0.717, 1.165) is 0 Å². The van der Waals surface area contributed by atoms with E-state index in [1.807, 2.05) is 0 Å². The number of methoxy groups -OCH3 is 2. The lowest BCUT2D eigenvalue weighted by molar-refractivity contribution is -0.239. The van der Waals surface area contributed by atoms with Gasteiger partial charge in [0.15, 0.2) is 0 Å². The molecule has 0 atom stereocenters. The molecule has 0 aromatic heterocycles. The summed E-state index contributed by atoms with van der Waals surface area (Å²) in [5.41, 5.74) is 0. The van der Waals surface area contributed by atoms with Crippen LogP contribution in [-0.2, 0) is 14.2 Å². The zero-order valence-corrected chi connectivity index (χ0v) is 5.09. The van der Waals surface area contributed by atoms with E-state index in [2.05, 4.69) is 20.8 Å². The van der Waals surface area contributed by atoms with Crippen LogP contribution in [0.5, 0.6) is 0 Å². The van der Waals surface area contributed by atoms with Crippen LogP contribution in [0.3, 0.4) is 0 Å². The highest BCUT2D eigenvalue weighted by atomic mass is 16.8. The quantitative estimate of drug-likeness (QED) is 0.402. The van der Waals surface area contributed by atoms with Gasteiger partial charge in [-0.2, -0.15) is 0 Å². The summed E-state index contributed by atoms with van der Waals surface area (Å²) >= 11 is 0. The molecule has 0 saturated carbocycles. The first-order chi connectivity index (χ1) is 3.85. The van der Waals surface area contributed by atoms with Crippen LogP contribution in [0.1, 0.15) is 0 Å². The third-order valence-electron chi connectivity index (χ3n) is 0.592. The number of ether oxygens (including phenoxy) is 3. The molecule has 0 aromatic rings. The standard InChI is InChI=1S/C5H10O3/c1-4-8-5(6-2)7-3/h4-5H,1H2,2-3H3. The Morgan fingerprint density at radius 1 is 1.38 bits per heavy atom. The lowest BCUT2D eigenvalue weighted by Crippen LogP contribution is -2.13. The van der Waals surface area contributed by atoms with E-state index in [1.165, 1.54) is 20.5 Å². The highest BCUT2D eigenvalue weighted by Gasteiger charge is 1.98. The maximum Gasteiger partial charge on any atom is 0.314 e. The lowest BCUT2D eigenvalue weighted by atomic mass is 11.1. The molecule has 0 N–H and O–H groups in total. The van der Waals surface area contributed by atoms with Crippen molar-refractivity contribution in [3.8, 4) is 0 Å². The fraction of sp³-hybridized carbons (Fsp3) is 0.600. The summed E-state index contributed by atoms with van der Waals surface area (Å²) in [6.45, 7) is 2.70. The van der Waals surface area contributed by atoms with Crippen molar-refractivity contribution in [1.29, 1.82) is 0 Å². The van der Waals surface area contributed by atoms with Crippen molar-refractivity contribution in [3.63, 3.8) is 0 Å². The van der Waals surface area contributed by atoms with Crippen molar-refractivity contribution in [2.45, 2.75) is 6.48 Å². The summed E-state index contributed by atoms with van der Waals surface area (Å²) in [6.07, 6.45) is 1.26. The molecule has 0 aliphatic carbocycles. The summed E-state index contributed by atoms with van der Waals surface area (Å²) in [5, 5.41) is 0. The third kappa shape index (κ3) is 2.60. The zero-order chi connectivity index (χ0) is 6.41. The Morgan fingerprint density at radius 3 is 2.00 bits per heavy atom. The van der Waals surface area contributed by atoms with Crippen LogP contribution < -0.4 is 0 Å². The van der Waals surface area contributed by atoms with E-state index in [1.54, 1.807) is 0 Å². The molecule has 3 heteroatoms. The van der Waals surface area contributed by atoms with Crippen LogP contribution in [0.15, 0.2) is 12.8 Å². The van der Waals surface area contributed by atoms with Gasteiger partial charge in [0.25, 0.3) is 0 Å². The van der Waals surface area contributed by atoms with E-state index in [-0.39, 0.29) is 0 Å². The Bertz CT molecular complexity index is 58.7. The molecular formula is C5H10O3. The highest BCUT2D eigenvalue weighted by Crippen LogP contribution is 1.91. The molecule has 0 unspecified atom stereocenters. The second kappa shape index (κ2) is 4.61. The molecule has 0 heterocycles. The first kappa shape index (κ1) is 7.46. The molecule has 48 valence electrons.